The summed E-state index contributed by atoms with van der Waals surface area (Å²) < 4.78 is 7.00. The molecule has 24 heteroatoms. The molecule has 4 aromatic heterocycles. The Bertz CT molecular complexity index is 4750. The van der Waals surface area contributed by atoms with E-state index >= 15 is 0 Å². The van der Waals surface area contributed by atoms with Crippen LogP contribution in [0.15, 0.2) is 127 Å². The van der Waals surface area contributed by atoms with Gasteiger partial charge < -0.3 is 66.6 Å². The lowest BCUT2D eigenvalue weighted by Crippen LogP contribution is -2.45. The number of amides is 4. The quantitative estimate of drug-likeness (QED) is 0.0107. The molecular weight excluding hydrogens is 1450 g/mol. The molecule has 24 nitrogen and oxygen atoms in total. The lowest BCUT2D eigenvalue weighted by atomic mass is 10.0. The van der Waals surface area contributed by atoms with E-state index in [-0.39, 0.29) is 30.2 Å². The number of hydrogen-bond acceptors (Lipinski definition) is 17. The zero-order valence-electron chi connectivity index (χ0n) is 71.4. The predicted octanol–water partition coefficient (Wildman–Crippen LogP) is 13.4. The molecule has 0 aliphatic carbocycles. The zero-order valence-corrected chi connectivity index (χ0v) is 71.4. The van der Waals surface area contributed by atoms with Gasteiger partial charge in [0.05, 0.1) is 0 Å². The molecule has 6 aromatic carbocycles. The predicted molar refractivity (Wildman–Crippen MR) is 479 cm³/mol. The maximum atomic E-state index is 13.9. The summed E-state index contributed by atoms with van der Waals surface area (Å²) in [4.78, 5) is 92.2. The van der Waals surface area contributed by atoms with Gasteiger partial charge in [-0.3, -0.25) is 24.0 Å². The molecule has 10 aromatic rings. The number of anilines is 9. The topological polar surface area (TPSA) is 239 Å². The smallest absolute Gasteiger partial charge is 0.286 e. The molecule has 0 aliphatic heterocycles. The minimum atomic E-state index is -0.128. The van der Waals surface area contributed by atoms with Crippen LogP contribution in [0.2, 0.25) is 0 Å². The summed E-state index contributed by atoms with van der Waals surface area (Å²) >= 11 is 0. The highest BCUT2D eigenvalue weighted by Gasteiger charge is 2.24. The summed E-state index contributed by atoms with van der Waals surface area (Å²) in [5.41, 5.74) is 13.6. The van der Waals surface area contributed by atoms with E-state index in [1.165, 1.54) is 66.4 Å². The SMILES string of the molecule is CN(C)c1ccc2cc3ccc(N(C)C)cc3[n+](CCCCCC(=O)CCCCCNC(=O)CCCCCNc3nc(NCCCCCC(=O)NCCCCCNC(=O)CCCCC[n+]4c5cc(N(C)C)ccc5cc5ccc(N(C)C)cc54)nc(NCCNC(=O)C[n+]4c5cc(N(C)C)ccc5cc5ccc(N(C)C)cc54)n3)c2c1. The molecule has 10 rings (SSSR count). The first-order valence-electron chi connectivity index (χ1n) is 42.4. The number of rotatable bonds is 50. The fourth-order valence-electron chi connectivity index (χ4n) is 14.9. The first kappa shape index (κ1) is 87.5. The molecule has 4 amide bonds. The molecular formula is C92H130N19O5+3. The van der Waals surface area contributed by atoms with E-state index < -0.39 is 0 Å². The molecule has 116 heavy (non-hydrogen) atoms. The van der Waals surface area contributed by atoms with E-state index in [0.717, 1.165) is 162 Å². The third kappa shape index (κ3) is 26.0. The average molecular weight is 1580 g/mol. The van der Waals surface area contributed by atoms with Crippen molar-refractivity contribution in [3.63, 3.8) is 0 Å². The van der Waals surface area contributed by atoms with Crippen LogP contribution < -0.4 is 80.3 Å². The van der Waals surface area contributed by atoms with Gasteiger partial charge in [-0.2, -0.15) is 28.7 Å². The third-order valence-electron chi connectivity index (χ3n) is 21.8. The molecule has 0 saturated carbocycles. The van der Waals surface area contributed by atoms with E-state index in [2.05, 4.69) is 264 Å². The highest BCUT2D eigenvalue weighted by atomic mass is 16.2. The Balaban J connectivity index is 0.606. The second-order valence-electron chi connectivity index (χ2n) is 32.3. The van der Waals surface area contributed by atoms with E-state index in [1.54, 1.807) is 0 Å². The van der Waals surface area contributed by atoms with Crippen molar-refractivity contribution in [2.24, 2.45) is 0 Å². The second kappa shape index (κ2) is 44.3. The number of pyridine rings is 3. The van der Waals surface area contributed by atoms with Crippen LogP contribution in [-0.4, -0.2) is 175 Å². The number of aryl methyl sites for hydroxylation is 2. The maximum absolute atomic E-state index is 13.9. The van der Waals surface area contributed by atoms with Crippen LogP contribution in [0.25, 0.3) is 65.4 Å². The number of ketones is 1. The molecule has 0 atom stereocenters. The van der Waals surface area contributed by atoms with Crippen molar-refractivity contribution in [2.45, 2.75) is 167 Å². The molecule has 7 N–H and O–H groups in total. The number of nitrogens with zero attached hydrogens (tertiary/aromatic N) is 12. The van der Waals surface area contributed by atoms with Crippen molar-refractivity contribution >= 4 is 147 Å². The van der Waals surface area contributed by atoms with Gasteiger partial charge in [-0.15, -0.1) is 0 Å². The Kier molecular flexibility index (Phi) is 33.4. The van der Waals surface area contributed by atoms with Crippen LogP contribution >= 0.6 is 0 Å². The minimum absolute atomic E-state index is 0.0431. The minimum Gasteiger partial charge on any atom is -0.377 e. The molecule has 0 unspecified atom stereocenters. The molecule has 0 radical (unpaired) electrons. The first-order chi connectivity index (χ1) is 56.0. The molecule has 0 bridgehead atoms. The molecule has 4 heterocycles. The summed E-state index contributed by atoms with van der Waals surface area (Å²) in [5, 5.41) is 29.4. The standard InChI is InChI=1S/C92H127N19O5/c1-103(2)73-42-36-67-57-68-37-43-74(104(3)4)61-81(68)109(80(67)60-73)55-29-16-20-32-79(112)31-19-13-24-48-93-86(113)33-21-14-25-51-97-90-100-91(102-92(101-90)99-54-53-96-89(116)66-111-84-64-77(107(9)10)46-40-71(84)59-72-41-47-78(108(11)12)65-85(72)111)98-52-26-15-22-34-87(114)94-49-27-18-28-50-95-88(115)35-23-17-30-56-110-82-62-75(105(5)6)44-38-69(82)58-70-39-45-76(106(7)8)63-83(70)110/h36-47,57-65H,13-35,48-56,66H2,1-12H3,(H4-3,93,94,95,96,97,98,99,100,101,102,113,114,115,116)/p+3. The number of hydrogen-bond donors (Lipinski definition) is 7. The zero-order chi connectivity index (χ0) is 82.5. The van der Waals surface area contributed by atoms with Gasteiger partial charge in [-0.05, 0) is 174 Å². The number of carbonyl (C=O) groups excluding carboxylic acids is 5. The highest BCUT2D eigenvalue weighted by Crippen LogP contribution is 2.30. The van der Waals surface area contributed by atoms with Gasteiger partial charge >= 0.3 is 0 Å². The van der Waals surface area contributed by atoms with Crippen molar-refractivity contribution < 1.29 is 37.7 Å². The van der Waals surface area contributed by atoms with E-state index in [9.17, 15) is 24.0 Å². The summed E-state index contributed by atoms with van der Waals surface area (Å²) in [5.74, 6) is 1.55. The summed E-state index contributed by atoms with van der Waals surface area (Å²) in [6.45, 7) is 5.59. The number of fused-ring (bicyclic) bond motifs is 6. The Morgan fingerprint density at radius 2 is 0.509 bits per heavy atom. The van der Waals surface area contributed by atoms with E-state index in [0.29, 0.717) is 102 Å². The summed E-state index contributed by atoms with van der Waals surface area (Å²) in [7, 11) is 24.7. The fraction of sp³-hybridized carbons (Fsp3) is 0.489. The van der Waals surface area contributed by atoms with Crippen LogP contribution in [0.4, 0.5) is 52.0 Å². The van der Waals surface area contributed by atoms with Gasteiger partial charge in [-0.1, -0.05) is 19.3 Å². The lowest BCUT2D eigenvalue weighted by molar-refractivity contribution is -0.646. The van der Waals surface area contributed by atoms with Crippen molar-refractivity contribution in [1.29, 1.82) is 0 Å². The van der Waals surface area contributed by atoms with Gasteiger partial charge in [0.1, 0.15) is 18.9 Å². The lowest BCUT2D eigenvalue weighted by Gasteiger charge is -2.15. The average Bonchev–Trinajstić information content (AvgIpc) is 0.774. The molecule has 620 valence electrons. The highest BCUT2D eigenvalue weighted by molar-refractivity contribution is 5.95. The van der Waals surface area contributed by atoms with Crippen LogP contribution in [0.5, 0.6) is 0 Å². The first-order valence-corrected chi connectivity index (χ1v) is 42.4. The maximum Gasteiger partial charge on any atom is 0.286 e. The second-order valence-corrected chi connectivity index (χ2v) is 32.3. The Morgan fingerprint density at radius 3 is 0.810 bits per heavy atom. The van der Waals surface area contributed by atoms with Gasteiger partial charge in [0.2, 0.25) is 75.2 Å². The van der Waals surface area contributed by atoms with Crippen LogP contribution in [0.3, 0.4) is 0 Å². The largest absolute Gasteiger partial charge is 0.377 e. The molecule has 0 spiro atoms. The van der Waals surface area contributed by atoms with Crippen LogP contribution in [0, 0.1) is 0 Å². The number of Topliss-reactive ketones (excluding diaryl/α,β-unsaturated/α-hetero) is 1. The van der Waals surface area contributed by atoms with Crippen molar-refractivity contribution in [3.8, 4) is 0 Å². The molecule has 0 saturated heterocycles. The van der Waals surface area contributed by atoms with Gasteiger partial charge in [0.25, 0.3) is 5.91 Å². The van der Waals surface area contributed by atoms with Gasteiger partial charge in [-0.25, -0.2) is 0 Å². The molecule has 0 aliphatic rings. The Hall–Kier alpha value is -10.9. The fourth-order valence-corrected chi connectivity index (χ4v) is 14.9. The Labute approximate surface area is 687 Å². The number of carbonyl (C=O) groups is 5. The van der Waals surface area contributed by atoms with Gasteiger partial charge in [0, 0.05) is 278 Å². The number of nitrogens with one attached hydrogen (secondary N) is 7. The van der Waals surface area contributed by atoms with Crippen LogP contribution in [-0.2, 0) is 43.6 Å². The Morgan fingerprint density at radius 1 is 0.259 bits per heavy atom. The monoisotopic (exact) mass is 1580 g/mol. The third-order valence-corrected chi connectivity index (χ3v) is 21.8. The summed E-state index contributed by atoms with van der Waals surface area (Å²) in [6.07, 6.45) is 18.2. The number of unbranched alkanes of at least 4 members (excludes halogenated alkanes) is 12. The number of benzene rings is 6. The van der Waals surface area contributed by atoms with Gasteiger partial charge in [0.15, 0.2) is 0 Å². The van der Waals surface area contributed by atoms with Crippen molar-refractivity contribution in [3.05, 3.63) is 127 Å². The van der Waals surface area contributed by atoms with Crippen molar-refractivity contribution in [2.75, 3.05) is 176 Å². The van der Waals surface area contributed by atoms with Crippen molar-refractivity contribution in [1.82, 2.24) is 36.2 Å². The normalized spacial score (nSPS) is 11.4. The summed E-state index contributed by atoms with van der Waals surface area (Å²) in [6, 6.07) is 46.1. The van der Waals surface area contributed by atoms with E-state index in [1.807, 2.05) is 28.2 Å². The number of aromatic nitrogens is 6. The van der Waals surface area contributed by atoms with Crippen LogP contribution in [0.1, 0.15) is 148 Å². The van der Waals surface area contributed by atoms with E-state index in [4.69, 9.17) is 15.0 Å². The molecule has 0 fully saturated rings.